The molecule has 1 rings (SSSR count). The number of carbonyl (C=O) groups is 1. The molecule has 0 spiro atoms. The maximum atomic E-state index is 13.8. The molecule has 0 saturated heterocycles. The Balaban J connectivity index is 3.25. The van der Waals surface area contributed by atoms with Gasteiger partial charge in [0.15, 0.2) is 0 Å². The molecule has 1 atom stereocenters. The summed E-state index contributed by atoms with van der Waals surface area (Å²) in [7, 11) is 0.970. The van der Waals surface area contributed by atoms with Crippen molar-refractivity contribution in [2.45, 2.75) is 12.6 Å². The van der Waals surface area contributed by atoms with E-state index in [4.69, 9.17) is 0 Å². The molecular weight excluding hydrogens is 209 g/mol. The van der Waals surface area contributed by atoms with Crippen molar-refractivity contribution in [1.29, 1.82) is 0 Å². The van der Waals surface area contributed by atoms with Crippen LogP contribution in [0.1, 0.15) is 12.5 Å². The Bertz CT molecular complexity index is 388. The fraction of sp³-hybridized carbons (Fsp3) is 0.300. The van der Waals surface area contributed by atoms with Gasteiger partial charge in [0.2, 0.25) is 5.67 Å². The van der Waals surface area contributed by atoms with E-state index in [1.54, 1.807) is 0 Å². The maximum Gasteiger partial charge on any atom is 0.348 e. The minimum absolute atomic E-state index is 0.631. The van der Waals surface area contributed by atoms with E-state index < -0.39 is 28.8 Å². The molecule has 0 bridgehead atoms. The van der Waals surface area contributed by atoms with E-state index in [2.05, 4.69) is 4.74 Å². The summed E-state index contributed by atoms with van der Waals surface area (Å²) in [5.41, 5.74) is -3.37. The molecule has 0 aromatic heterocycles. The summed E-state index contributed by atoms with van der Waals surface area (Å²) in [6.07, 6.45) is 0. The summed E-state index contributed by atoms with van der Waals surface area (Å²) in [5.74, 6) is -3.09. The third-order valence-corrected chi connectivity index (χ3v) is 2.00. The predicted molar refractivity (Wildman–Crippen MR) is 46.8 cm³/mol. The lowest BCUT2D eigenvalue weighted by molar-refractivity contribution is -0.154. The number of rotatable bonds is 2. The molecule has 0 aliphatic rings. The van der Waals surface area contributed by atoms with Gasteiger partial charge in [-0.3, -0.25) is 0 Å². The van der Waals surface area contributed by atoms with Gasteiger partial charge >= 0.3 is 5.97 Å². The summed E-state index contributed by atoms with van der Waals surface area (Å²) >= 11 is 0. The highest BCUT2D eigenvalue weighted by molar-refractivity contribution is 5.80. The average molecular weight is 218 g/mol. The van der Waals surface area contributed by atoms with Gasteiger partial charge < -0.3 is 4.74 Å². The first-order valence-corrected chi connectivity index (χ1v) is 4.12. The van der Waals surface area contributed by atoms with Crippen LogP contribution >= 0.6 is 0 Å². The number of ether oxygens (including phenoxy) is 1. The molecule has 0 radical (unpaired) electrons. The van der Waals surface area contributed by atoms with Gasteiger partial charge in [-0.1, -0.05) is 0 Å². The van der Waals surface area contributed by atoms with Gasteiger partial charge in [0.1, 0.15) is 11.6 Å². The highest BCUT2D eigenvalue weighted by atomic mass is 19.2. The van der Waals surface area contributed by atoms with E-state index in [1.165, 1.54) is 0 Å². The zero-order valence-corrected chi connectivity index (χ0v) is 8.18. The number of alkyl halides is 1. The van der Waals surface area contributed by atoms with Gasteiger partial charge in [0.05, 0.1) is 7.11 Å². The summed E-state index contributed by atoms with van der Waals surface area (Å²) in [5, 5.41) is 0. The van der Waals surface area contributed by atoms with E-state index >= 15 is 0 Å². The van der Waals surface area contributed by atoms with Crippen molar-refractivity contribution in [3.8, 4) is 0 Å². The summed E-state index contributed by atoms with van der Waals surface area (Å²) in [6, 6.07) is 2.23. The Labute approximate surface area is 84.7 Å². The molecule has 1 aromatic carbocycles. The second-order valence-electron chi connectivity index (χ2n) is 3.12. The van der Waals surface area contributed by atoms with Gasteiger partial charge in [-0.15, -0.1) is 0 Å². The first-order chi connectivity index (χ1) is 6.89. The molecule has 15 heavy (non-hydrogen) atoms. The number of hydrogen-bond acceptors (Lipinski definition) is 2. The second kappa shape index (κ2) is 3.92. The molecule has 1 aromatic rings. The first-order valence-electron chi connectivity index (χ1n) is 4.12. The standard InChI is InChI=1S/C10H9F3O2/c1-10(13,9(14)15-2)7-5-6(11)3-4-8(7)12/h3-5H,1-2H3. The van der Waals surface area contributed by atoms with Crippen LogP contribution in [0.3, 0.4) is 0 Å². The predicted octanol–water partition coefficient (Wildman–Crippen LogP) is 2.32. The third-order valence-electron chi connectivity index (χ3n) is 2.00. The van der Waals surface area contributed by atoms with Crippen LogP contribution in [0, 0.1) is 11.6 Å². The van der Waals surface area contributed by atoms with Crippen LogP contribution < -0.4 is 0 Å². The number of methoxy groups -OCH3 is 1. The van der Waals surface area contributed by atoms with E-state index in [0.29, 0.717) is 6.07 Å². The van der Waals surface area contributed by atoms with Crippen LogP contribution in [0.15, 0.2) is 18.2 Å². The van der Waals surface area contributed by atoms with Gasteiger partial charge in [-0.05, 0) is 25.1 Å². The molecule has 0 amide bonds. The minimum Gasteiger partial charge on any atom is -0.466 e. The number of carbonyl (C=O) groups excluding carboxylic acids is 1. The molecule has 0 heterocycles. The van der Waals surface area contributed by atoms with E-state index in [0.717, 1.165) is 26.2 Å². The van der Waals surface area contributed by atoms with Crippen molar-refractivity contribution in [2.75, 3.05) is 7.11 Å². The Morgan fingerprint density at radius 1 is 1.40 bits per heavy atom. The molecule has 82 valence electrons. The number of esters is 1. The van der Waals surface area contributed by atoms with Crippen molar-refractivity contribution in [2.24, 2.45) is 0 Å². The van der Waals surface area contributed by atoms with Gasteiger partial charge in [0.25, 0.3) is 0 Å². The summed E-state index contributed by atoms with van der Waals surface area (Å²) in [4.78, 5) is 11.0. The van der Waals surface area contributed by atoms with Crippen LogP contribution in [0.25, 0.3) is 0 Å². The van der Waals surface area contributed by atoms with Crippen LogP contribution in [-0.4, -0.2) is 13.1 Å². The first kappa shape index (κ1) is 11.6. The summed E-state index contributed by atoms with van der Waals surface area (Å²) in [6.45, 7) is 0.816. The van der Waals surface area contributed by atoms with Crippen LogP contribution in [-0.2, 0) is 15.2 Å². The lowest BCUT2D eigenvalue weighted by atomic mass is 9.97. The fourth-order valence-corrected chi connectivity index (χ4v) is 1.16. The van der Waals surface area contributed by atoms with Crippen molar-refractivity contribution in [1.82, 2.24) is 0 Å². The molecule has 1 unspecified atom stereocenters. The second-order valence-corrected chi connectivity index (χ2v) is 3.12. The molecule has 0 N–H and O–H groups in total. The zero-order chi connectivity index (χ0) is 11.6. The molecule has 5 heteroatoms. The summed E-state index contributed by atoms with van der Waals surface area (Å²) < 4.78 is 43.8. The SMILES string of the molecule is COC(=O)C(C)(F)c1cc(F)ccc1F. The van der Waals surface area contributed by atoms with Crippen molar-refractivity contribution in [3.05, 3.63) is 35.4 Å². The maximum absolute atomic E-state index is 13.8. The highest BCUT2D eigenvalue weighted by Crippen LogP contribution is 2.29. The Kier molecular flexibility index (Phi) is 3.02. The van der Waals surface area contributed by atoms with Crippen LogP contribution in [0.5, 0.6) is 0 Å². The lowest BCUT2D eigenvalue weighted by Gasteiger charge is -2.18. The molecule has 0 aliphatic heterocycles. The third kappa shape index (κ3) is 2.11. The fourth-order valence-electron chi connectivity index (χ4n) is 1.16. The normalized spacial score (nSPS) is 14.5. The monoisotopic (exact) mass is 218 g/mol. The molecule has 0 aliphatic carbocycles. The average Bonchev–Trinajstić information content (AvgIpc) is 2.20. The van der Waals surface area contributed by atoms with E-state index in [1.807, 2.05) is 0 Å². The number of halogens is 3. The Morgan fingerprint density at radius 3 is 2.53 bits per heavy atom. The topological polar surface area (TPSA) is 26.3 Å². The smallest absolute Gasteiger partial charge is 0.348 e. The Morgan fingerprint density at radius 2 is 2.00 bits per heavy atom. The highest BCUT2D eigenvalue weighted by Gasteiger charge is 2.39. The van der Waals surface area contributed by atoms with Crippen molar-refractivity contribution < 1.29 is 22.7 Å². The Hall–Kier alpha value is -1.52. The van der Waals surface area contributed by atoms with E-state index in [9.17, 15) is 18.0 Å². The van der Waals surface area contributed by atoms with Gasteiger partial charge in [-0.2, -0.15) is 0 Å². The van der Waals surface area contributed by atoms with Crippen LogP contribution in [0.4, 0.5) is 13.2 Å². The number of benzene rings is 1. The molecule has 0 saturated carbocycles. The quantitative estimate of drug-likeness (QED) is 0.712. The van der Waals surface area contributed by atoms with Gasteiger partial charge in [0, 0.05) is 5.56 Å². The molecular formula is C10H9F3O2. The van der Waals surface area contributed by atoms with Crippen molar-refractivity contribution >= 4 is 5.97 Å². The molecule has 0 fully saturated rings. The van der Waals surface area contributed by atoms with Crippen molar-refractivity contribution in [3.63, 3.8) is 0 Å². The van der Waals surface area contributed by atoms with Crippen LogP contribution in [0.2, 0.25) is 0 Å². The molecule has 2 nitrogen and oxygen atoms in total. The van der Waals surface area contributed by atoms with Gasteiger partial charge in [-0.25, -0.2) is 18.0 Å². The zero-order valence-electron chi connectivity index (χ0n) is 8.18. The largest absolute Gasteiger partial charge is 0.466 e. The lowest BCUT2D eigenvalue weighted by Crippen LogP contribution is -2.30. The minimum atomic E-state index is -2.69. The number of hydrogen-bond donors (Lipinski definition) is 0. The van der Waals surface area contributed by atoms with E-state index in [-0.39, 0.29) is 0 Å².